The molecule has 0 fully saturated rings. The minimum atomic E-state index is -2.76. The first kappa shape index (κ1) is 21.3. The average molecular weight is 343 g/mol. The second kappa shape index (κ2) is 14.0. The van der Waals surface area contributed by atoms with Gasteiger partial charge in [0.05, 0.1) is 39.6 Å². The summed E-state index contributed by atoms with van der Waals surface area (Å²) in [7, 11) is 2.16. The molecule has 0 N–H and O–H groups in total. The molecule has 0 aromatic heterocycles. The molecule has 1 unspecified atom stereocenters. The predicted molar refractivity (Wildman–Crippen MR) is 87.1 cm³/mol. The minimum Gasteiger partial charge on any atom is -0.382 e. The van der Waals surface area contributed by atoms with E-state index in [9.17, 15) is 0 Å². The Balaban J connectivity index is 4.60. The van der Waals surface area contributed by atoms with Crippen molar-refractivity contribution in [3.8, 4) is 0 Å². The molecule has 0 amide bonds. The summed E-state index contributed by atoms with van der Waals surface area (Å²) >= 11 is 4.42. The minimum absolute atomic E-state index is 0.264. The quantitative estimate of drug-likeness (QED) is 0.277. The fraction of sp³-hybridized carbons (Fsp3) is 1.00. The zero-order valence-corrected chi connectivity index (χ0v) is 15.5. The molecule has 128 valence electrons. The smallest absolute Gasteiger partial charge is 0.382 e. The SMILES string of the molecule is COCCO[Si](CCC(C)S)(OCCOC)OCCOC. The van der Waals surface area contributed by atoms with Crippen LogP contribution in [0.3, 0.4) is 0 Å². The third-order valence-electron chi connectivity index (χ3n) is 2.70. The van der Waals surface area contributed by atoms with Gasteiger partial charge >= 0.3 is 8.80 Å². The van der Waals surface area contributed by atoms with Crippen molar-refractivity contribution in [1.29, 1.82) is 0 Å². The number of hydrogen-bond acceptors (Lipinski definition) is 7. The lowest BCUT2D eigenvalue weighted by molar-refractivity contribution is 0.0143. The number of thiol groups is 1. The van der Waals surface area contributed by atoms with Crippen LogP contribution in [0.5, 0.6) is 0 Å². The summed E-state index contributed by atoms with van der Waals surface area (Å²) in [6.07, 6.45) is 0.863. The van der Waals surface area contributed by atoms with Crippen molar-refractivity contribution < 1.29 is 27.5 Å². The molecule has 0 aliphatic rings. The van der Waals surface area contributed by atoms with E-state index in [0.717, 1.165) is 12.5 Å². The zero-order valence-electron chi connectivity index (χ0n) is 13.6. The van der Waals surface area contributed by atoms with Gasteiger partial charge in [0.2, 0.25) is 0 Å². The molecule has 0 heterocycles. The van der Waals surface area contributed by atoms with Gasteiger partial charge in [-0.05, 0) is 11.7 Å². The molecule has 21 heavy (non-hydrogen) atoms. The predicted octanol–water partition coefficient (Wildman–Crippen LogP) is 1.62. The molecule has 0 spiro atoms. The third kappa shape index (κ3) is 11.5. The zero-order chi connectivity index (χ0) is 16.0. The number of rotatable bonds is 15. The number of hydrogen-bond donors (Lipinski definition) is 1. The molecule has 0 rings (SSSR count). The summed E-state index contributed by atoms with van der Waals surface area (Å²) < 4.78 is 32.9. The van der Waals surface area contributed by atoms with Crippen LogP contribution < -0.4 is 0 Å². The summed E-state index contributed by atoms with van der Waals surface area (Å²) in [5.41, 5.74) is 0. The van der Waals surface area contributed by atoms with E-state index >= 15 is 0 Å². The summed E-state index contributed by atoms with van der Waals surface area (Å²) in [6, 6.07) is 0.717. The maximum atomic E-state index is 5.94. The Labute approximate surface area is 135 Å². The summed E-state index contributed by atoms with van der Waals surface area (Å²) in [5.74, 6) is 0. The van der Waals surface area contributed by atoms with Crippen molar-refractivity contribution in [2.24, 2.45) is 0 Å². The number of ether oxygens (including phenoxy) is 3. The van der Waals surface area contributed by atoms with E-state index in [4.69, 9.17) is 27.5 Å². The topological polar surface area (TPSA) is 55.4 Å². The van der Waals surface area contributed by atoms with Crippen LogP contribution >= 0.6 is 12.6 Å². The highest BCUT2D eigenvalue weighted by molar-refractivity contribution is 7.80. The van der Waals surface area contributed by atoms with Gasteiger partial charge in [0, 0.05) is 27.4 Å². The van der Waals surface area contributed by atoms with Crippen LogP contribution in [0.2, 0.25) is 6.04 Å². The molecule has 0 radical (unpaired) electrons. The fourth-order valence-electron chi connectivity index (χ4n) is 1.57. The molecule has 0 aliphatic carbocycles. The molecular formula is C13H30O6SSi. The van der Waals surface area contributed by atoms with E-state index in [-0.39, 0.29) is 5.25 Å². The van der Waals surface area contributed by atoms with Crippen LogP contribution in [0, 0.1) is 0 Å². The lowest BCUT2D eigenvalue weighted by Crippen LogP contribution is -2.48. The van der Waals surface area contributed by atoms with Gasteiger partial charge in [-0.1, -0.05) is 6.92 Å². The molecule has 1 atom stereocenters. The van der Waals surface area contributed by atoms with Gasteiger partial charge in [-0.3, -0.25) is 0 Å². The van der Waals surface area contributed by atoms with Gasteiger partial charge in [0.15, 0.2) is 0 Å². The van der Waals surface area contributed by atoms with Crippen LogP contribution in [-0.4, -0.2) is 75.0 Å². The Hall–Kier alpha value is 0.327. The summed E-state index contributed by atoms with van der Waals surface area (Å²) in [6.45, 7) is 4.91. The molecule has 0 aliphatic heterocycles. The van der Waals surface area contributed by atoms with Crippen molar-refractivity contribution in [3.05, 3.63) is 0 Å². The first-order chi connectivity index (χ1) is 10.1. The fourth-order valence-corrected chi connectivity index (χ4v) is 4.59. The lowest BCUT2D eigenvalue weighted by atomic mass is 10.4. The van der Waals surface area contributed by atoms with Crippen molar-refractivity contribution >= 4 is 21.4 Å². The highest BCUT2D eigenvalue weighted by Crippen LogP contribution is 2.21. The van der Waals surface area contributed by atoms with Crippen molar-refractivity contribution in [3.63, 3.8) is 0 Å². The first-order valence-corrected chi connectivity index (χ1v) is 9.61. The van der Waals surface area contributed by atoms with Crippen LogP contribution in [0.1, 0.15) is 13.3 Å². The van der Waals surface area contributed by atoms with E-state index in [0.29, 0.717) is 39.6 Å². The molecular weight excluding hydrogens is 312 g/mol. The summed E-state index contributed by atoms with van der Waals surface area (Å²) in [4.78, 5) is 0. The van der Waals surface area contributed by atoms with E-state index in [1.165, 1.54) is 0 Å². The van der Waals surface area contributed by atoms with Crippen LogP contribution in [0.15, 0.2) is 0 Å². The number of methoxy groups -OCH3 is 3. The van der Waals surface area contributed by atoms with Crippen LogP contribution in [0.4, 0.5) is 0 Å². The van der Waals surface area contributed by atoms with Crippen LogP contribution in [-0.2, 0) is 27.5 Å². The van der Waals surface area contributed by atoms with Gasteiger partial charge in [-0.15, -0.1) is 0 Å². The first-order valence-electron chi connectivity index (χ1n) is 7.17. The molecule has 0 aromatic rings. The monoisotopic (exact) mass is 342 g/mol. The average Bonchev–Trinajstić information content (AvgIpc) is 2.46. The van der Waals surface area contributed by atoms with Gasteiger partial charge < -0.3 is 27.5 Å². The Morgan fingerprint density at radius 1 is 0.762 bits per heavy atom. The lowest BCUT2D eigenvalue weighted by Gasteiger charge is -2.30. The van der Waals surface area contributed by atoms with E-state index in [1.807, 2.05) is 6.92 Å². The van der Waals surface area contributed by atoms with E-state index in [2.05, 4.69) is 12.6 Å². The highest BCUT2D eigenvalue weighted by atomic mass is 32.1. The second-order valence-corrected chi connectivity index (χ2v) is 8.21. The van der Waals surface area contributed by atoms with Gasteiger partial charge in [-0.2, -0.15) is 12.6 Å². The molecule has 0 saturated carbocycles. The maximum absolute atomic E-state index is 5.94. The van der Waals surface area contributed by atoms with Gasteiger partial charge in [-0.25, -0.2) is 0 Å². The van der Waals surface area contributed by atoms with E-state index in [1.54, 1.807) is 21.3 Å². The van der Waals surface area contributed by atoms with E-state index < -0.39 is 8.80 Å². The normalized spacial score (nSPS) is 13.6. The van der Waals surface area contributed by atoms with Crippen molar-refractivity contribution in [2.75, 3.05) is 61.0 Å². The maximum Gasteiger partial charge on any atom is 0.501 e. The largest absolute Gasteiger partial charge is 0.501 e. The summed E-state index contributed by atoms with van der Waals surface area (Å²) in [5, 5.41) is 0.264. The Bertz CT molecular complexity index is 206. The Morgan fingerprint density at radius 3 is 1.43 bits per heavy atom. The molecule has 0 aromatic carbocycles. The highest BCUT2D eigenvalue weighted by Gasteiger charge is 2.41. The van der Waals surface area contributed by atoms with Gasteiger partial charge in [0.1, 0.15) is 0 Å². The second-order valence-electron chi connectivity index (χ2n) is 4.59. The van der Waals surface area contributed by atoms with Gasteiger partial charge in [0.25, 0.3) is 0 Å². The molecule has 6 nitrogen and oxygen atoms in total. The Kier molecular flexibility index (Phi) is 14.2. The van der Waals surface area contributed by atoms with Crippen molar-refractivity contribution in [2.45, 2.75) is 24.6 Å². The molecule has 0 bridgehead atoms. The standard InChI is InChI=1S/C13H30O6SSi/c1-13(20)5-12-21(17-9-6-14-2,18-10-7-15-3)19-11-8-16-4/h13,20H,5-12H2,1-4H3. The van der Waals surface area contributed by atoms with Crippen LogP contribution in [0.25, 0.3) is 0 Å². The molecule has 8 heteroatoms. The Morgan fingerprint density at radius 2 is 1.14 bits per heavy atom. The third-order valence-corrected chi connectivity index (χ3v) is 5.79. The van der Waals surface area contributed by atoms with Crippen molar-refractivity contribution in [1.82, 2.24) is 0 Å². The molecule has 0 saturated heterocycles.